The summed E-state index contributed by atoms with van der Waals surface area (Å²) in [5.41, 5.74) is 3.80. The highest BCUT2D eigenvalue weighted by molar-refractivity contribution is 6.33. The smallest absolute Gasteiger partial charge is 0.404 e. The third-order valence-corrected chi connectivity index (χ3v) is 4.49. The summed E-state index contributed by atoms with van der Waals surface area (Å²) in [6, 6.07) is 13.7. The van der Waals surface area contributed by atoms with Crippen LogP contribution in [0.3, 0.4) is 0 Å². The minimum absolute atomic E-state index is 0.311. The van der Waals surface area contributed by atoms with Gasteiger partial charge >= 0.3 is 6.09 Å². The summed E-state index contributed by atoms with van der Waals surface area (Å²) in [5.74, 6) is 0.401. The molecule has 1 atom stereocenters. The second-order valence-corrected chi connectivity index (χ2v) is 6.78. The van der Waals surface area contributed by atoms with Crippen LogP contribution >= 0.6 is 11.6 Å². The molecule has 0 fully saturated rings. The van der Waals surface area contributed by atoms with Crippen molar-refractivity contribution in [3.05, 3.63) is 58.6 Å². The topological polar surface area (TPSA) is 69.6 Å². The Morgan fingerprint density at radius 2 is 1.92 bits per heavy atom. The molecular formula is C20H24ClNO3. The van der Waals surface area contributed by atoms with Gasteiger partial charge in [0.05, 0.1) is 6.10 Å². The molecule has 0 saturated carbocycles. The van der Waals surface area contributed by atoms with Gasteiger partial charge in [-0.3, -0.25) is 0 Å². The van der Waals surface area contributed by atoms with E-state index in [2.05, 4.69) is 31.3 Å². The number of aliphatic hydroxyl groups excluding tert-OH is 1. The van der Waals surface area contributed by atoms with Crippen molar-refractivity contribution in [2.24, 2.45) is 0 Å². The largest absolute Gasteiger partial charge is 0.465 e. The summed E-state index contributed by atoms with van der Waals surface area (Å²) >= 11 is 6.44. The van der Waals surface area contributed by atoms with Crippen LogP contribution in [0, 0.1) is 0 Å². The summed E-state index contributed by atoms with van der Waals surface area (Å²) in [6.07, 6.45) is -0.751. The van der Waals surface area contributed by atoms with Crippen molar-refractivity contribution in [2.75, 3.05) is 6.54 Å². The number of aliphatic hydroxyl groups is 1. The van der Waals surface area contributed by atoms with Crippen LogP contribution in [0.1, 0.15) is 49.8 Å². The van der Waals surface area contributed by atoms with Crippen LogP contribution in [-0.2, 0) is 0 Å². The Morgan fingerprint density at radius 1 is 1.20 bits per heavy atom. The number of benzene rings is 2. The van der Waals surface area contributed by atoms with Gasteiger partial charge in [-0.1, -0.05) is 61.8 Å². The van der Waals surface area contributed by atoms with Gasteiger partial charge in [-0.15, -0.1) is 0 Å². The van der Waals surface area contributed by atoms with Gasteiger partial charge < -0.3 is 15.5 Å². The van der Waals surface area contributed by atoms with Crippen molar-refractivity contribution in [1.82, 2.24) is 5.32 Å². The Bertz CT molecular complexity index is 731. The van der Waals surface area contributed by atoms with Gasteiger partial charge in [0.1, 0.15) is 0 Å². The van der Waals surface area contributed by atoms with Gasteiger partial charge in [-0.05, 0) is 41.5 Å². The molecule has 2 aromatic carbocycles. The van der Waals surface area contributed by atoms with Crippen LogP contribution in [0.5, 0.6) is 0 Å². The Kier molecular flexibility index (Phi) is 6.85. The van der Waals surface area contributed by atoms with Crippen molar-refractivity contribution >= 4 is 17.7 Å². The first-order valence-corrected chi connectivity index (χ1v) is 8.81. The quantitative estimate of drug-likeness (QED) is 0.593. The maximum absolute atomic E-state index is 10.6. The molecule has 0 bridgehead atoms. The lowest BCUT2D eigenvalue weighted by Gasteiger charge is -2.18. The third kappa shape index (κ3) is 5.21. The number of carbonyl (C=O) groups is 1. The van der Waals surface area contributed by atoms with E-state index in [1.165, 1.54) is 5.56 Å². The van der Waals surface area contributed by atoms with E-state index in [1.54, 1.807) is 0 Å². The zero-order valence-corrected chi connectivity index (χ0v) is 15.3. The molecule has 0 aromatic heterocycles. The molecular weight excluding hydrogens is 338 g/mol. The molecule has 0 aliphatic carbocycles. The average Bonchev–Trinajstić information content (AvgIpc) is 2.58. The van der Waals surface area contributed by atoms with E-state index in [-0.39, 0.29) is 0 Å². The Morgan fingerprint density at radius 3 is 2.60 bits per heavy atom. The van der Waals surface area contributed by atoms with Crippen LogP contribution in [-0.4, -0.2) is 22.9 Å². The van der Waals surface area contributed by atoms with Crippen LogP contribution in [0.4, 0.5) is 4.79 Å². The Labute approximate surface area is 153 Å². The van der Waals surface area contributed by atoms with Gasteiger partial charge in [0.2, 0.25) is 0 Å². The normalized spacial score (nSPS) is 12.2. The van der Waals surface area contributed by atoms with Gasteiger partial charge in [0, 0.05) is 17.1 Å². The van der Waals surface area contributed by atoms with Crippen molar-refractivity contribution in [3.63, 3.8) is 0 Å². The van der Waals surface area contributed by atoms with E-state index < -0.39 is 12.2 Å². The maximum Gasteiger partial charge on any atom is 0.404 e. The lowest BCUT2D eigenvalue weighted by atomic mass is 9.91. The highest BCUT2D eigenvalue weighted by Crippen LogP contribution is 2.37. The zero-order chi connectivity index (χ0) is 18.4. The van der Waals surface area contributed by atoms with Gasteiger partial charge in [-0.25, -0.2) is 4.79 Å². The van der Waals surface area contributed by atoms with Crippen molar-refractivity contribution in [3.8, 4) is 11.1 Å². The molecule has 1 amide bonds. The number of hydrogen-bond donors (Lipinski definition) is 3. The van der Waals surface area contributed by atoms with Gasteiger partial charge in [-0.2, -0.15) is 0 Å². The highest BCUT2D eigenvalue weighted by Gasteiger charge is 2.17. The lowest BCUT2D eigenvalue weighted by Crippen LogP contribution is -2.22. The summed E-state index contributed by atoms with van der Waals surface area (Å²) in [4.78, 5) is 10.5. The van der Waals surface area contributed by atoms with E-state index in [1.807, 2.05) is 30.3 Å². The molecule has 0 heterocycles. The maximum atomic E-state index is 10.6. The highest BCUT2D eigenvalue weighted by atomic mass is 35.5. The first-order chi connectivity index (χ1) is 11.9. The fourth-order valence-electron chi connectivity index (χ4n) is 2.82. The molecule has 0 aliphatic heterocycles. The molecule has 3 N–H and O–H groups in total. The number of hydrogen-bond acceptors (Lipinski definition) is 2. The summed E-state index contributed by atoms with van der Waals surface area (Å²) in [6.45, 7) is 4.58. The minimum atomic E-state index is -1.05. The molecule has 1 unspecified atom stereocenters. The second kappa shape index (κ2) is 8.88. The van der Waals surface area contributed by atoms with Crippen LogP contribution < -0.4 is 5.32 Å². The molecule has 0 saturated heterocycles. The van der Waals surface area contributed by atoms with E-state index >= 15 is 0 Å². The Hall–Kier alpha value is -2.04. The number of nitrogens with one attached hydrogen (secondary N) is 1. The van der Waals surface area contributed by atoms with Crippen LogP contribution in [0.15, 0.2) is 42.5 Å². The molecule has 0 aliphatic rings. The van der Waals surface area contributed by atoms with E-state index in [9.17, 15) is 9.90 Å². The van der Waals surface area contributed by atoms with E-state index in [0.717, 1.165) is 16.7 Å². The minimum Gasteiger partial charge on any atom is -0.465 e. The van der Waals surface area contributed by atoms with E-state index in [0.29, 0.717) is 30.3 Å². The first kappa shape index (κ1) is 19.3. The van der Waals surface area contributed by atoms with Crippen molar-refractivity contribution in [2.45, 2.75) is 38.7 Å². The molecule has 5 heteroatoms. The van der Waals surface area contributed by atoms with Crippen molar-refractivity contribution in [1.29, 1.82) is 0 Å². The Balaban J connectivity index is 2.27. The molecule has 2 rings (SSSR count). The SMILES string of the molecule is CC(C)c1cccc(-c2c(Cl)cccc2C(O)CCCNC(=O)O)c1. The van der Waals surface area contributed by atoms with Crippen molar-refractivity contribution < 1.29 is 15.0 Å². The predicted octanol–water partition coefficient (Wildman–Crippen LogP) is 5.21. The molecule has 25 heavy (non-hydrogen) atoms. The van der Waals surface area contributed by atoms with E-state index in [4.69, 9.17) is 16.7 Å². The predicted molar refractivity (Wildman–Crippen MR) is 101 cm³/mol. The number of rotatable bonds is 7. The number of amides is 1. The summed E-state index contributed by atoms with van der Waals surface area (Å²) in [5, 5.41) is 22.1. The summed E-state index contributed by atoms with van der Waals surface area (Å²) < 4.78 is 0. The van der Waals surface area contributed by atoms with Crippen LogP contribution in [0.25, 0.3) is 11.1 Å². The van der Waals surface area contributed by atoms with Gasteiger partial charge in [0.25, 0.3) is 0 Å². The first-order valence-electron chi connectivity index (χ1n) is 8.43. The molecule has 0 spiro atoms. The molecule has 2 aromatic rings. The summed E-state index contributed by atoms with van der Waals surface area (Å²) in [7, 11) is 0. The zero-order valence-electron chi connectivity index (χ0n) is 14.5. The fourth-order valence-corrected chi connectivity index (χ4v) is 3.11. The standard InChI is InChI=1S/C20H24ClNO3/c1-13(2)14-6-3-7-15(12-14)19-16(8-4-9-17(19)21)18(23)10-5-11-22-20(24)25/h3-4,6-9,12-13,18,22-23H,5,10-11H2,1-2H3,(H,24,25). The lowest BCUT2D eigenvalue weighted by molar-refractivity contribution is 0.163. The van der Waals surface area contributed by atoms with Gasteiger partial charge in [0.15, 0.2) is 0 Å². The second-order valence-electron chi connectivity index (χ2n) is 6.37. The fraction of sp³-hybridized carbons (Fsp3) is 0.350. The number of carboxylic acid groups (broad SMARTS) is 1. The molecule has 0 radical (unpaired) electrons. The monoisotopic (exact) mass is 361 g/mol. The number of halogens is 1. The molecule has 134 valence electrons. The molecule has 4 nitrogen and oxygen atoms in total. The average molecular weight is 362 g/mol. The third-order valence-electron chi connectivity index (χ3n) is 4.18. The van der Waals surface area contributed by atoms with Crippen LogP contribution in [0.2, 0.25) is 5.02 Å².